The Morgan fingerprint density at radius 3 is 2.80 bits per heavy atom. The van der Waals surface area contributed by atoms with E-state index in [1.54, 1.807) is 0 Å². The highest BCUT2D eigenvalue weighted by Gasteiger charge is 2.35. The summed E-state index contributed by atoms with van der Waals surface area (Å²) in [6, 6.07) is 12.2. The maximum Gasteiger partial charge on any atom is 0.157 e. The highest BCUT2D eigenvalue weighted by atomic mass is 32.2. The molecule has 2 fully saturated rings. The van der Waals surface area contributed by atoms with E-state index in [2.05, 4.69) is 40.5 Å². The summed E-state index contributed by atoms with van der Waals surface area (Å²) in [4.78, 5) is 7.34. The summed E-state index contributed by atoms with van der Waals surface area (Å²) >= 11 is 1.90. The number of thioether (sulfide) groups is 1. The van der Waals surface area contributed by atoms with Crippen LogP contribution >= 0.6 is 11.8 Å². The standard InChI is InChI=1S/C16H21N3S/c1-2-4-12(5-3-1)15-10-17-16(20-15)18-13-8-9-19(11-13)14-6-7-14/h1-5,13-15H,6-11H2,(H,17,18). The number of benzene rings is 1. The van der Waals surface area contributed by atoms with Crippen molar-refractivity contribution < 1.29 is 0 Å². The number of rotatable bonds is 3. The Hall–Kier alpha value is -1.00. The van der Waals surface area contributed by atoms with Gasteiger partial charge in [0, 0.05) is 25.2 Å². The lowest BCUT2D eigenvalue weighted by atomic mass is 10.1. The van der Waals surface area contributed by atoms with Crippen molar-refractivity contribution in [2.75, 3.05) is 19.6 Å². The van der Waals surface area contributed by atoms with Crippen LogP contribution in [0, 0.1) is 0 Å². The SMILES string of the molecule is c1ccc(C2CN=C(NC3CCN(C4CC4)C3)S2)cc1. The second-order valence-corrected chi connectivity index (χ2v) is 7.21. The first kappa shape index (κ1) is 12.7. The van der Waals surface area contributed by atoms with Crippen molar-refractivity contribution in [2.45, 2.75) is 36.6 Å². The molecule has 2 atom stereocenters. The van der Waals surface area contributed by atoms with Crippen LogP contribution in [0.4, 0.5) is 0 Å². The van der Waals surface area contributed by atoms with Crippen LogP contribution in [0.3, 0.4) is 0 Å². The van der Waals surface area contributed by atoms with Crippen LogP contribution in [0.15, 0.2) is 35.3 Å². The normalized spacial score (nSPS) is 30.5. The number of hydrogen-bond donors (Lipinski definition) is 1. The van der Waals surface area contributed by atoms with Crippen LogP contribution < -0.4 is 5.32 Å². The Morgan fingerprint density at radius 2 is 2.00 bits per heavy atom. The van der Waals surface area contributed by atoms with Crippen LogP contribution in [0.25, 0.3) is 0 Å². The van der Waals surface area contributed by atoms with E-state index in [1.807, 2.05) is 11.8 Å². The molecule has 0 radical (unpaired) electrons. The zero-order chi connectivity index (χ0) is 13.4. The molecule has 3 nitrogen and oxygen atoms in total. The van der Waals surface area contributed by atoms with Crippen molar-refractivity contribution in [3.8, 4) is 0 Å². The minimum absolute atomic E-state index is 0.500. The van der Waals surface area contributed by atoms with Crippen molar-refractivity contribution in [2.24, 2.45) is 4.99 Å². The average Bonchev–Trinajstić information content (AvgIpc) is 3.06. The summed E-state index contributed by atoms with van der Waals surface area (Å²) < 4.78 is 0. The fourth-order valence-corrected chi connectivity index (χ4v) is 4.24. The topological polar surface area (TPSA) is 27.6 Å². The van der Waals surface area contributed by atoms with Crippen molar-refractivity contribution in [3.63, 3.8) is 0 Å². The molecule has 20 heavy (non-hydrogen) atoms. The zero-order valence-corrected chi connectivity index (χ0v) is 12.5. The fourth-order valence-electron chi connectivity index (χ4n) is 3.15. The lowest BCUT2D eigenvalue weighted by Crippen LogP contribution is -2.35. The van der Waals surface area contributed by atoms with Gasteiger partial charge in [0.2, 0.25) is 0 Å². The maximum absolute atomic E-state index is 4.69. The first-order valence-corrected chi connectivity index (χ1v) is 8.53. The fraction of sp³-hybridized carbons (Fsp3) is 0.562. The minimum Gasteiger partial charge on any atom is -0.361 e. The van der Waals surface area contributed by atoms with Gasteiger partial charge in [0.05, 0.1) is 11.8 Å². The monoisotopic (exact) mass is 287 g/mol. The van der Waals surface area contributed by atoms with Gasteiger partial charge in [0.1, 0.15) is 0 Å². The molecule has 106 valence electrons. The number of hydrogen-bond acceptors (Lipinski definition) is 4. The van der Waals surface area contributed by atoms with Crippen LogP contribution in [-0.2, 0) is 0 Å². The first-order chi connectivity index (χ1) is 9.88. The van der Waals surface area contributed by atoms with E-state index in [4.69, 9.17) is 4.99 Å². The Bertz CT molecular complexity index is 498. The van der Waals surface area contributed by atoms with Crippen molar-refractivity contribution in [3.05, 3.63) is 35.9 Å². The largest absolute Gasteiger partial charge is 0.361 e. The van der Waals surface area contributed by atoms with Gasteiger partial charge in [-0.05, 0) is 24.8 Å². The van der Waals surface area contributed by atoms with Crippen molar-refractivity contribution >= 4 is 16.9 Å². The molecule has 1 saturated carbocycles. The molecule has 3 aliphatic rings. The molecule has 2 unspecified atom stereocenters. The molecule has 1 aromatic rings. The van der Waals surface area contributed by atoms with Gasteiger partial charge in [-0.25, -0.2) is 0 Å². The highest BCUT2D eigenvalue weighted by Crippen LogP contribution is 2.35. The van der Waals surface area contributed by atoms with Crippen molar-refractivity contribution in [1.29, 1.82) is 0 Å². The first-order valence-electron chi connectivity index (χ1n) is 7.65. The Morgan fingerprint density at radius 1 is 1.15 bits per heavy atom. The third kappa shape index (κ3) is 2.72. The molecule has 0 bridgehead atoms. The summed E-state index contributed by atoms with van der Waals surface area (Å²) in [6.07, 6.45) is 4.10. The Kier molecular flexibility index (Phi) is 3.44. The summed E-state index contributed by atoms with van der Waals surface area (Å²) in [5.41, 5.74) is 1.39. The smallest absolute Gasteiger partial charge is 0.157 e. The van der Waals surface area contributed by atoms with Gasteiger partial charge in [-0.1, -0.05) is 42.1 Å². The quantitative estimate of drug-likeness (QED) is 0.926. The minimum atomic E-state index is 0.500. The van der Waals surface area contributed by atoms with Crippen LogP contribution in [0.1, 0.15) is 30.1 Å². The lowest BCUT2D eigenvalue weighted by Gasteiger charge is -2.16. The van der Waals surface area contributed by atoms with E-state index in [0.29, 0.717) is 11.3 Å². The van der Waals surface area contributed by atoms with Crippen molar-refractivity contribution in [1.82, 2.24) is 10.2 Å². The summed E-state index contributed by atoms with van der Waals surface area (Å²) in [6.45, 7) is 3.39. The van der Waals surface area contributed by atoms with Gasteiger partial charge >= 0.3 is 0 Å². The molecule has 1 aliphatic carbocycles. The number of nitrogens with one attached hydrogen (secondary N) is 1. The molecule has 1 N–H and O–H groups in total. The maximum atomic E-state index is 4.69. The number of amidine groups is 1. The van der Waals surface area contributed by atoms with E-state index >= 15 is 0 Å². The van der Waals surface area contributed by atoms with Crippen LogP contribution in [-0.4, -0.2) is 41.8 Å². The molecule has 0 aromatic heterocycles. The average molecular weight is 287 g/mol. The predicted octanol–water partition coefficient (Wildman–Crippen LogP) is 2.66. The summed E-state index contributed by atoms with van der Waals surface area (Å²) in [7, 11) is 0. The molecule has 1 aromatic carbocycles. The molecule has 0 spiro atoms. The summed E-state index contributed by atoms with van der Waals surface area (Å²) in [5.74, 6) is 0. The number of nitrogens with zero attached hydrogens (tertiary/aromatic N) is 2. The van der Waals surface area contributed by atoms with Gasteiger partial charge < -0.3 is 5.32 Å². The lowest BCUT2D eigenvalue weighted by molar-refractivity contribution is 0.322. The molecule has 2 heterocycles. The molecule has 2 aliphatic heterocycles. The predicted molar refractivity (Wildman–Crippen MR) is 85.2 cm³/mol. The van der Waals surface area contributed by atoms with Gasteiger partial charge in [0.15, 0.2) is 5.17 Å². The van der Waals surface area contributed by atoms with Gasteiger partial charge in [-0.3, -0.25) is 9.89 Å². The molecule has 4 heteroatoms. The molecule has 4 rings (SSSR count). The third-order valence-electron chi connectivity index (χ3n) is 4.44. The Labute approximate surface area is 124 Å². The zero-order valence-electron chi connectivity index (χ0n) is 11.7. The van der Waals surface area contributed by atoms with E-state index in [-0.39, 0.29) is 0 Å². The van der Waals surface area contributed by atoms with Gasteiger partial charge in [-0.2, -0.15) is 0 Å². The van der Waals surface area contributed by atoms with Crippen LogP contribution in [0.2, 0.25) is 0 Å². The second-order valence-electron chi connectivity index (χ2n) is 6.02. The van der Waals surface area contributed by atoms with E-state index in [1.165, 1.54) is 37.9 Å². The second kappa shape index (κ2) is 5.41. The summed E-state index contributed by atoms with van der Waals surface area (Å²) in [5, 5.41) is 5.32. The third-order valence-corrected chi connectivity index (χ3v) is 5.61. The molecular formula is C16H21N3S. The van der Waals surface area contributed by atoms with Gasteiger partial charge in [0.25, 0.3) is 0 Å². The van der Waals surface area contributed by atoms with Gasteiger partial charge in [-0.15, -0.1) is 0 Å². The molecule has 0 amide bonds. The number of aliphatic imine (C=N–C) groups is 1. The highest BCUT2D eigenvalue weighted by molar-refractivity contribution is 8.14. The molecule has 1 saturated heterocycles. The molecular weight excluding hydrogens is 266 g/mol. The Balaban J connectivity index is 1.30. The van der Waals surface area contributed by atoms with E-state index in [9.17, 15) is 0 Å². The van der Waals surface area contributed by atoms with E-state index < -0.39 is 0 Å². The van der Waals surface area contributed by atoms with E-state index in [0.717, 1.165) is 17.8 Å². The van der Waals surface area contributed by atoms with Crippen LogP contribution in [0.5, 0.6) is 0 Å². The number of likely N-dealkylation sites (tertiary alicyclic amines) is 1.